The Morgan fingerprint density at radius 1 is 1.56 bits per heavy atom. The number of rotatable bonds is 0. The molecule has 2 N–H and O–H groups in total. The van der Waals surface area contributed by atoms with Gasteiger partial charge in [0.15, 0.2) is 0 Å². The lowest BCUT2D eigenvalue weighted by atomic mass is 9.98. The quantitative estimate of drug-likeness (QED) is 0.505. The lowest BCUT2D eigenvalue weighted by molar-refractivity contribution is 0.113. The molecule has 1 rings (SSSR count). The van der Waals surface area contributed by atoms with E-state index in [0.717, 1.165) is 6.42 Å². The Morgan fingerprint density at radius 3 is 2.22 bits per heavy atom. The molecule has 2 unspecified atom stereocenters. The molecule has 0 amide bonds. The third-order valence-electron chi connectivity index (χ3n) is 1.91. The standard InChI is InChI=1S/C7H15NO/c1-5-4-7(2,3)8-6(5)9/h5-6,8-9H,4H2,1-3H3. The second-order valence-corrected chi connectivity index (χ2v) is 3.65. The second-order valence-electron chi connectivity index (χ2n) is 3.65. The third-order valence-corrected chi connectivity index (χ3v) is 1.91. The molecule has 1 heterocycles. The first kappa shape index (κ1) is 7.03. The van der Waals surface area contributed by atoms with Gasteiger partial charge in [0.1, 0.15) is 6.23 Å². The van der Waals surface area contributed by atoms with Gasteiger partial charge in [-0.15, -0.1) is 0 Å². The molecule has 0 radical (unpaired) electrons. The molecule has 2 atom stereocenters. The van der Waals surface area contributed by atoms with Crippen LogP contribution in [0, 0.1) is 5.92 Å². The van der Waals surface area contributed by atoms with E-state index in [1.54, 1.807) is 0 Å². The summed E-state index contributed by atoms with van der Waals surface area (Å²) in [6.07, 6.45) is 0.772. The highest BCUT2D eigenvalue weighted by molar-refractivity contribution is 4.89. The summed E-state index contributed by atoms with van der Waals surface area (Å²) in [5, 5.41) is 12.3. The third kappa shape index (κ3) is 1.43. The van der Waals surface area contributed by atoms with Crippen LogP contribution in [-0.2, 0) is 0 Å². The van der Waals surface area contributed by atoms with Crippen molar-refractivity contribution >= 4 is 0 Å². The SMILES string of the molecule is CC1CC(C)(C)NC1O. The molecule has 0 bridgehead atoms. The molecule has 2 nitrogen and oxygen atoms in total. The van der Waals surface area contributed by atoms with E-state index < -0.39 is 0 Å². The summed E-state index contributed by atoms with van der Waals surface area (Å²) in [4.78, 5) is 0. The summed E-state index contributed by atoms with van der Waals surface area (Å²) in [6.45, 7) is 6.28. The lowest BCUT2D eigenvalue weighted by Gasteiger charge is -2.17. The van der Waals surface area contributed by atoms with Gasteiger partial charge < -0.3 is 5.11 Å². The highest BCUT2D eigenvalue weighted by Gasteiger charge is 2.34. The first-order valence-corrected chi connectivity index (χ1v) is 3.47. The Hall–Kier alpha value is -0.0800. The Kier molecular flexibility index (Phi) is 1.53. The van der Waals surface area contributed by atoms with Crippen LogP contribution < -0.4 is 5.32 Å². The van der Waals surface area contributed by atoms with Gasteiger partial charge in [-0.3, -0.25) is 5.32 Å². The zero-order valence-electron chi connectivity index (χ0n) is 6.31. The predicted octanol–water partition coefficient (Wildman–Crippen LogP) is 0.713. The molecule has 54 valence electrons. The van der Waals surface area contributed by atoms with Crippen molar-refractivity contribution in [1.29, 1.82) is 0 Å². The first-order valence-electron chi connectivity index (χ1n) is 3.47. The van der Waals surface area contributed by atoms with Gasteiger partial charge in [0, 0.05) is 5.54 Å². The van der Waals surface area contributed by atoms with E-state index in [4.69, 9.17) is 0 Å². The van der Waals surface area contributed by atoms with Gasteiger partial charge in [-0.05, 0) is 26.2 Å². The second kappa shape index (κ2) is 1.96. The van der Waals surface area contributed by atoms with Crippen LogP contribution in [0.3, 0.4) is 0 Å². The Morgan fingerprint density at radius 2 is 2.11 bits per heavy atom. The molecule has 1 saturated heterocycles. The molecule has 0 aromatic carbocycles. The van der Waals surface area contributed by atoms with Gasteiger partial charge in [0.05, 0.1) is 0 Å². The zero-order chi connectivity index (χ0) is 7.07. The minimum Gasteiger partial charge on any atom is -0.378 e. The van der Waals surface area contributed by atoms with Crippen LogP contribution >= 0.6 is 0 Å². The van der Waals surface area contributed by atoms with Crippen LogP contribution in [0.5, 0.6) is 0 Å². The van der Waals surface area contributed by atoms with Crippen molar-refractivity contribution < 1.29 is 5.11 Å². The van der Waals surface area contributed by atoms with Crippen LogP contribution in [0.15, 0.2) is 0 Å². The van der Waals surface area contributed by atoms with Crippen molar-refractivity contribution in [1.82, 2.24) is 5.32 Å². The van der Waals surface area contributed by atoms with Crippen LogP contribution in [0.4, 0.5) is 0 Å². The van der Waals surface area contributed by atoms with Gasteiger partial charge in [-0.1, -0.05) is 6.92 Å². The van der Waals surface area contributed by atoms with E-state index >= 15 is 0 Å². The van der Waals surface area contributed by atoms with Crippen molar-refractivity contribution in [3.63, 3.8) is 0 Å². The molecule has 2 heteroatoms. The molecule has 0 saturated carbocycles. The van der Waals surface area contributed by atoms with Gasteiger partial charge in [0.25, 0.3) is 0 Å². The number of aliphatic hydroxyl groups excluding tert-OH is 1. The summed E-state index contributed by atoms with van der Waals surface area (Å²) in [6, 6.07) is 0. The Labute approximate surface area is 56.3 Å². The highest BCUT2D eigenvalue weighted by Crippen LogP contribution is 2.25. The van der Waals surface area contributed by atoms with E-state index in [9.17, 15) is 5.11 Å². The van der Waals surface area contributed by atoms with E-state index in [-0.39, 0.29) is 11.8 Å². The van der Waals surface area contributed by atoms with Gasteiger partial charge in [-0.2, -0.15) is 0 Å². The molecule has 0 spiro atoms. The molecular weight excluding hydrogens is 114 g/mol. The fraction of sp³-hybridized carbons (Fsp3) is 1.00. The number of hydrogen-bond donors (Lipinski definition) is 2. The molecule has 1 aliphatic rings. The van der Waals surface area contributed by atoms with Crippen LogP contribution in [-0.4, -0.2) is 16.9 Å². The van der Waals surface area contributed by atoms with E-state index in [1.807, 2.05) is 0 Å². The highest BCUT2D eigenvalue weighted by atomic mass is 16.3. The van der Waals surface area contributed by atoms with Crippen molar-refractivity contribution in [3.8, 4) is 0 Å². The normalized spacial score (nSPS) is 41.3. The molecule has 0 aromatic rings. The maximum absolute atomic E-state index is 9.22. The van der Waals surface area contributed by atoms with Gasteiger partial charge in [0.2, 0.25) is 0 Å². The fourth-order valence-electron chi connectivity index (χ4n) is 1.52. The largest absolute Gasteiger partial charge is 0.378 e. The minimum absolute atomic E-state index is 0.138. The first-order chi connectivity index (χ1) is 4.01. The van der Waals surface area contributed by atoms with Crippen LogP contribution in [0.25, 0.3) is 0 Å². The monoisotopic (exact) mass is 129 g/mol. The maximum Gasteiger partial charge on any atom is 0.107 e. The van der Waals surface area contributed by atoms with Gasteiger partial charge in [-0.25, -0.2) is 0 Å². The van der Waals surface area contributed by atoms with E-state index in [0.29, 0.717) is 5.92 Å². The average molecular weight is 129 g/mol. The summed E-state index contributed by atoms with van der Waals surface area (Å²) in [7, 11) is 0. The Bertz CT molecular complexity index is 99.5. The Balaban J connectivity index is 2.54. The summed E-state index contributed by atoms with van der Waals surface area (Å²) in [5.74, 6) is 0.403. The van der Waals surface area contributed by atoms with Gasteiger partial charge >= 0.3 is 0 Å². The summed E-state index contributed by atoms with van der Waals surface area (Å²) < 4.78 is 0. The van der Waals surface area contributed by atoms with E-state index in [2.05, 4.69) is 26.1 Å². The molecule has 1 fully saturated rings. The van der Waals surface area contributed by atoms with Crippen molar-refractivity contribution in [2.75, 3.05) is 0 Å². The molecule has 0 aliphatic carbocycles. The van der Waals surface area contributed by atoms with E-state index in [1.165, 1.54) is 0 Å². The van der Waals surface area contributed by atoms with Crippen molar-refractivity contribution in [2.45, 2.75) is 39.0 Å². The number of hydrogen-bond acceptors (Lipinski definition) is 2. The predicted molar refractivity (Wildman–Crippen MR) is 37.0 cm³/mol. The maximum atomic E-state index is 9.22. The fourth-order valence-corrected chi connectivity index (χ4v) is 1.52. The zero-order valence-corrected chi connectivity index (χ0v) is 6.31. The summed E-state index contributed by atoms with van der Waals surface area (Å²) >= 11 is 0. The van der Waals surface area contributed by atoms with Crippen molar-refractivity contribution in [3.05, 3.63) is 0 Å². The molecule has 0 aromatic heterocycles. The number of aliphatic hydroxyl groups is 1. The molecule has 9 heavy (non-hydrogen) atoms. The smallest absolute Gasteiger partial charge is 0.107 e. The van der Waals surface area contributed by atoms with Crippen molar-refractivity contribution in [2.24, 2.45) is 5.92 Å². The average Bonchev–Trinajstić information content (AvgIpc) is 1.79. The minimum atomic E-state index is -0.292. The molecular formula is C7H15NO. The van der Waals surface area contributed by atoms with Crippen LogP contribution in [0.1, 0.15) is 27.2 Å². The topological polar surface area (TPSA) is 32.3 Å². The lowest BCUT2D eigenvalue weighted by Crippen LogP contribution is -2.37. The summed E-state index contributed by atoms with van der Waals surface area (Å²) in [5.41, 5.74) is 0.138. The van der Waals surface area contributed by atoms with Crippen LogP contribution in [0.2, 0.25) is 0 Å². The number of nitrogens with one attached hydrogen (secondary N) is 1. The molecule has 1 aliphatic heterocycles.